The fourth-order valence-electron chi connectivity index (χ4n) is 7.10. The van der Waals surface area contributed by atoms with E-state index in [0.29, 0.717) is 23.7 Å². The second kappa shape index (κ2) is 1.71. The maximum Gasteiger partial charge on any atom is 0.310 e. The molecule has 0 aromatic rings. The molecule has 0 aromatic carbocycles. The Balaban J connectivity index is 1.73. The lowest BCUT2D eigenvalue weighted by molar-refractivity contribution is -0.532. The Kier molecular flexibility index (Phi) is 0.865. The summed E-state index contributed by atoms with van der Waals surface area (Å²) in [4.78, 5) is 22.9. The third-order valence-electron chi connectivity index (χ3n) is 6.93. The largest absolute Gasteiger partial charge is 0.481 e. The Morgan fingerprint density at radius 2 is 1.69 bits per heavy atom. The molecule has 2 N–H and O–H groups in total. The molecule has 0 unspecified atom stereocenters. The van der Waals surface area contributed by atoms with Gasteiger partial charge in [0.15, 0.2) is 0 Å². The minimum absolute atomic E-state index is 0.00782. The molecule has 0 radical (unpaired) electrons. The Labute approximate surface area is 91.6 Å². The van der Waals surface area contributed by atoms with Crippen molar-refractivity contribution in [3.05, 3.63) is 0 Å². The van der Waals surface area contributed by atoms with Crippen LogP contribution in [0.5, 0.6) is 0 Å². The Hall–Kier alpha value is -1.06. The van der Waals surface area contributed by atoms with E-state index in [4.69, 9.17) is 0 Å². The van der Waals surface area contributed by atoms with Crippen molar-refractivity contribution in [1.82, 2.24) is 0 Å². The molecule has 6 aliphatic carbocycles. The van der Waals surface area contributed by atoms with Gasteiger partial charge in [-0.2, -0.15) is 0 Å². The topological polar surface area (TPSA) is 74.6 Å². The maximum absolute atomic E-state index is 11.5. The van der Waals surface area contributed by atoms with Crippen LogP contribution in [0.25, 0.3) is 0 Å². The van der Waals surface area contributed by atoms with Gasteiger partial charge in [0, 0.05) is 0 Å². The van der Waals surface area contributed by atoms with E-state index in [1.54, 1.807) is 0 Å². The minimum Gasteiger partial charge on any atom is -0.481 e. The molecule has 0 amide bonds. The molecule has 84 valence electrons. The van der Waals surface area contributed by atoms with Crippen LogP contribution in [0.1, 0.15) is 12.8 Å². The van der Waals surface area contributed by atoms with Crippen LogP contribution in [-0.4, -0.2) is 22.2 Å². The third-order valence-corrected chi connectivity index (χ3v) is 6.93. The first-order valence-electron chi connectivity index (χ1n) is 6.07. The molecule has 0 heterocycles. The SMILES string of the molecule is O=C(O)[C@]12[C@@H]3[C@H]4CC[C@@H]5[C@H]3[C@H]1[C@]5(C(=O)O)[C@H]42. The molecule has 6 saturated carbocycles. The normalized spacial score (nSPS) is 70.2. The summed E-state index contributed by atoms with van der Waals surface area (Å²) in [6.45, 7) is 0. The molecule has 16 heavy (non-hydrogen) atoms. The summed E-state index contributed by atoms with van der Waals surface area (Å²) in [7, 11) is 0. The van der Waals surface area contributed by atoms with Crippen LogP contribution in [0.4, 0.5) is 0 Å². The zero-order chi connectivity index (χ0) is 11.0. The third kappa shape index (κ3) is 0.356. The summed E-state index contributed by atoms with van der Waals surface area (Å²) in [5.41, 5.74) is -1.18. The van der Waals surface area contributed by atoms with E-state index < -0.39 is 22.8 Å². The van der Waals surface area contributed by atoms with Crippen molar-refractivity contribution in [2.24, 2.45) is 46.3 Å². The van der Waals surface area contributed by atoms with Crippen molar-refractivity contribution in [2.75, 3.05) is 0 Å². The average Bonchev–Trinajstić information content (AvgIpc) is 2.14. The second-order valence-corrected chi connectivity index (χ2v) is 6.38. The van der Waals surface area contributed by atoms with Crippen molar-refractivity contribution in [1.29, 1.82) is 0 Å². The summed E-state index contributed by atoms with van der Waals surface area (Å²) in [5.74, 6) is 0.0975. The predicted octanol–water partition coefficient (Wildman–Crippen LogP) is 0.674. The molecule has 6 rings (SSSR count). The first kappa shape index (κ1) is 8.09. The average molecular weight is 220 g/mol. The summed E-state index contributed by atoms with van der Waals surface area (Å²) in [6, 6.07) is 0. The van der Waals surface area contributed by atoms with Crippen molar-refractivity contribution in [3.8, 4) is 0 Å². The number of hydrogen-bond acceptors (Lipinski definition) is 2. The van der Waals surface area contributed by atoms with Crippen LogP contribution < -0.4 is 0 Å². The number of rotatable bonds is 2. The summed E-state index contributed by atoms with van der Waals surface area (Å²) in [5, 5.41) is 18.9. The van der Waals surface area contributed by atoms with Crippen LogP contribution in [0.15, 0.2) is 0 Å². The highest BCUT2D eigenvalue weighted by atomic mass is 16.4. The predicted molar refractivity (Wildman–Crippen MR) is 50.3 cm³/mol. The van der Waals surface area contributed by atoms with E-state index in [1.807, 2.05) is 0 Å². The molecule has 0 saturated heterocycles. The smallest absolute Gasteiger partial charge is 0.310 e. The zero-order valence-corrected chi connectivity index (χ0v) is 8.59. The van der Waals surface area contributed by atoms with Gasteiger partial charge in [-0.05, 0) is 48.3 Å². The van der Waals surface area contributed by atoms with Crippen molar-refractivity contribution >= 4 is 11.9 Å². The highest BCUT2D eigenvalue weighted by molar-refractivity contribution is 5.93. The molecule has 6 aliphatic rings. The van der Waals surface area contributed by atoms with E-state index >= 15 is 0 Å². The Bertz CT molecular complexity index is 481. The highest BCUT2D eigenvalue weighted by Crippen LogP contribution is 3.01. The second-order valence-electron chi connectivity index (χ2n) is 6.38. The van der Waals surface area contributed by atoms with E-state index in [-0.39, 0.29) is 11.8 Å². The molecule has 2 bridgehead atoms. The van der Waals surface area contributed by atoms with Crippen LogP contribution in [0.2, 0.25) is 0 Å². The molecule has 6 fully saturated rings. The van der Waals surface area contributed by atoms with Crippen molar-refractivity contribution < 1.29 is 19.8 Å². The molecule has 8 atom stereocenters. The molecule has 4 heteroatoms. The molecular formula is C12H12O4. The molecular weight excluding hydrogens is 208 g/mol. The Morgan fingerprint density at radius 1 is 1.00 bits per heavy atom. The number of aliphatic carboxylic acids is 2. The van der Waals surface area contributed by atoms with Gasteiger partial charge >= 0.3 is 11.9 Å². The highest BCUT2D eigenvalue weighted by Gasteiger charge is 3.05. The van der Waals surface area contributed by atoms with Gasteiger partial charge in [0.2, 0.25) is 0 Å². The van der Waals surface area contributed by atoms with E-state index in [2.05, 4.69) is 0 Å². The fraction of sp³-hybridized carbons (Fsp3) is 0.833. The molecule has 0 aromatic heterocycles. The van der Waals surface area contributed by atoms with E-state index in [9.17, 15) is 19.8 Å². The van der Waals surface area contributed by atoms with Gasteiger partial charge in [-0.1, -0.05) is 0 Å². The van der Waals surface area contributed by atoms with Gasteiger partial charge in [0.1, 0.15) is 0 Å². The molecule has 0 spiro atoms. The van der Waals surface area contributed by atoms with Crippen molar-refractivity contribution in [3.63, 3.8) is 0 Å². The van der Waals surface area contributed by atoms with Gasteiger partial charge < -0.3 is 10.2 Å². The van der Waals surface area contributed by atoms with Gasteiger partial charge in [-0.25, -0.2) is 0 Å². The van der Waals surface area contributed by atoms with E-state index in [0.717, 1.165) is 12.8 Å². The first-order chi connectivity index (χ1) is 7.60. The molecule has 4 nitrogen and oxygen atoms in total. The van der Waals surface area contributed by atoms with Gasteiger partial charge in [0.25, 0.3) is 0 Å². The van der Waals surface area contributed by atoms with Crippen LogP contribution in [0.3, 0.4) is 0 Å². The number of carboxylic acids is 2. The lowest BCUT2D eigenvalue weighted by Crippen LogP contribution is -3.02. The van der Waals surface area contributed by atoms with Crippen LogP contribution >= 0.6 is 0 Å². The fourth-order valence-corrected chi connectivity index (χ4v) is 7.10. The van der Waals surface area contributed by atoms with Gasteiger partial charge in [-0.3, -0.25) is 9.59 Å². The number of fused-ring (bicyclic) bond motifs is 1. The number of carbonyl (C=O) groups is 2. The van der Waals surface area contributed by atoms with Crippen LogP contribution in [0, 0.1) is 46.3 Å². The number of carboxylic acid groups (broad SMARTS) is 2. The van der Waals surface area contributed by atoms with E-state index in [1.165, 1.54) is 0 Å². The first-order valence-corrected chi connectivity index (χ1v) is 6.07. The summed E-state index contributed by atoms with van der Waals surface area (Å²) in [6.07, 6.45) is 2.11. The summed E-state index contributed by atoms with van der Waals surface area (Å²) < 4.78 is 0. The monoisotopic (exact) mass is 220 g/mol. The quantitative estimate of drug-likeness (QED) is 0.717. The Morgan fingerprint density at radius 3 is 2.25 bits per heavy atom. The zero-order valence-electron chi connectivity index (χ0n) is 8.59. The maximum atomic E-state index is 11.5. The standard InChI is InChI=1S/C12H12O4/c13-9(14)11-4-2-1-3-6-5(4)8(11)12(6,7(3)11)10(15)16/h3-8H,1-2H2,(H,13,14)(H,15,16)/t3-,4-,5-,6-,7+,8+,11-,12+/m1/s1. The number of hydrogen-bond donors (Lipinski definition) is 2. The van der Waals surface area contributed by atoms with Gasteiger partial charge in [-0.15, -0.1) is 0 Å². The minimum atomic E-state index is -0.711. The van der Waals surface area contributed by atoms with Crippen LogP contribution in [-0.2, 0) is 9.59 Å². The lowest BCUT2D eigenvalue weighted by Gasteiger charge is -2.99. The molecule has 0 aliphatic heterocycles. The van der Waals surface area contributed by atoms with Gasteiger partial charge in [0.05, 0.1) is 10.8 Å². The van der Waals surface area contributed by atoms with Crippen molar-refractivity contribution in [2.45, 2.75) is 12.8 Å². The summed E-state index contributed by atoms with van der Waals surface area (Å²) >= 11 is 0. The lowest BCUT2D eigenvalue weighted by atomic mass is 9.01.